The molecule has 4 N–H and O–H groups in total. The fraction of sp³-hybridized carbons (Fsp3) is 0.500. The molecule has 1 atom stereocenters. The van der Waals surface area contributed by atoms with E-state index in [9.17, 15) is 14.7 Å². The first kappa shape index (κ1) is 16.5. The van der Waals surface area contributed by atoms with Gasteiger partial charge in [0.1, 0.15) is 18.4 Å². The molecule has 0 saturated carbocycles. The number of aliphatic hydroxyl groups excluding tert-OH is 1. The zero-order chi connectivity index (χ0) is 15.1. The van der Waals surface area contributed by atoms with Crippen LogP contribution in [-0.4, -0.2) is 39.3 Å². The van der Waals surface area contributed by atoms with Gasteiger partial charge in [0.05, 0.1) is 6.54 Å². The van der Waals surface area contributed by atoms with E-state index in [1.165, 1.54) is 11.8 Å². The van der Waals surface area contributed by atoms with Crippen molar-refractivity contribution in [1.29, 1.82) is 0 Å². The maximum absolute atomic E-state index is 11.4. The summed E-state index contributed by atoms with van der Waals surface area (Å²) in [6, 6.07) is 0.186. The molecule has 0 radical (unpaired) electrons. The minimum absolute atomic E-state index is 0.0144. The molecule has 0 aliphatic heterocycles. The van der Waals surface area contributed by atoms with Crippen LogP contribution in [0, 0.1) is 0 Å². The SMILES string of the molecule is CSCC[C@@H](NCc1oc(CO)cc(=O)c1O)C(=O)O. The molecule has 0 saturated heterocycles. The van der Waals surface area contributed by atoms with Crippen molar-refractivity contribution in [2.45, 2.75) is 25.6 Å². The fourth-order valence-electron chi connectivity index (χ4n) is 1.55. The van der Waals surface area contributed by atoms with Gasteiger partial charge in [0, 0.05) is 6.07 Å². The number of carbonyl (C=O) groups is 1. The number of carboxylic acid groups (broad SMARTS) is 1. The molecule has 1 aromatic rings. The minimum atomic E-state index is -1.01. The van der Waals surface area contributed by atoms with Crippen LogP contribution in [0.4, 0.5) is 0 Å². The van der Waals surface area contributed by atoms with Crippen LogP contribution in [0.15, 0.2) is 15.3 Å². The molecule has 0 unspecified atom stereocenters. The van der Waals surface area contributed by atoms with Gasteiger partial charge in [-0.05, 0) is 18.4 Å². The maximum Gasteiger partial charge on any atom is 0.320 e. The van der Waals surface area contributed by atoms with E-state index in [4.69, 9.17) is 14.6 Å². The van der Waals surface area contributed by atoms with Crippen LogP contribution in [0.3, 0.4) is 0 Å². The third-order valence-corrected chi connectivity index (χ3v) is 3.26. The van der Waals surface area contributed by atoms with E-state index in [-0.39, 0.29) is 18.1 Å². The van der Waals surface area contributed by atoms with Gasteiger partial charge >= 0.3 is 5.97 Å². The molecule has 112 valence electrons. The van der Waals surface area contributed by atoms with E-state index < -0.39 is 29.8 Å². The first-order valence-electron chi connectivity index (χ1n) is 5.90. The van der Waals surface area contributed by atoms with Crippen LogP contribution in [-0.2, 0) is 17.9 Å². The molecule has 0 fully saturated rings. The van der Waals surface area contributed by atoms with Crippen molar-refractivity contribution < 1.29 is 24.5 Å². The lowest BCUT2D eigenvalue weighted by Gasteiger charge is -2.14. The van der Waals surface area contributed by atoms with Gasteiger partial charge in [0.25, 0.3) is 0 Å². The molecule has 0 aliphatic carbocycles. The van der Waals surface area contributed by atoms with Crippen molar-refractivity contribution in [3.8, 4) is 5.75 Å². The maximum atomic E-state index is 11.4. The monoisotopic (exact) mass is 303 g/mol. The Morgan fingerprint density at radius 1 is 1.55 bits per heavy atom. The Bertz CT molecular complexity index is 515. The third kappa shape index (κ3) is 4.55. The molecule has 1 heterocycles. The van der Waals surface area contributed by atoms with E-state index in [2.05, 4.69) is 5.32 Å². The van der Waals surface area contributed by atoms with Gasteiger partial charge in [0.15, 0.2) is 5.76 Å². The zero-order valence-corrected chi connectivity index (χ0v) is 11.8. The molecule has 0 amide bonds. The summed E-state index contributed by atoms with van der Waals surface area (Å²) in [5.41, 5.74) is -0.673. The Kier molecular flexibility index (Phi) is 6.56. The van der Waals surface area contributed by atoms with E-state index in [1.54, 1.807) is 0 Å². The van der Waals surface area contributed by atoms with Crippen LogP contribution in [0.1, 0.15) is 17.9 Å². The summed E-state index contributed by atoms with van der Waals surface area (Å²) in [7, 11) is 0. The second kappa shape index (κ2) is 7.93. The Balaban J connectivity index is 2.79. The summed E-state index contributed by atoms with van der Waals surface area (Å²) in [6.45, 7) is -0.586. The molecule has 20 heavy (non-hydrogen) atoms. The Morgan fingerprint density at radius 2 is 2.25 bits per heavy atom. The normalized spacial score (nSPS) is 12.3. The highest BCUT2D eigenvalue weighted by Gasteiger charge is 2.18. The Labute approximate surface area is 119 Å². The standard InChI is InChI=1S/C12H17NO6S/c1-20-3-2-8(12(17)18)13-5-10-11(16)9(15)4-7(6-14)19-10/h4,8,13-14,16H,2-3,5-6H2,1H3,(H,17,18)/t8-/m1/s1. The average Bonchev–Trinajstić information content (AvgIpc) is 2.42. The van der Waals surface area contributed by atoms with Gasteiger partial charge < -0.3 is 19.7 Å². The third-order valence-electron chi connectivity index (χ3n) is 2.62. The highest BCUT2D eigenvalue weighted by Crippen LogP contribution is 2.14. The van der Waals surface area contributed by atoms with Gasteiger partial charge in [-0.15, -0.1) is 0 Å². The lowest BCUT2D eigenvalue weighted by Crippen LogP contribution is -2.36. The summed E-state index contributed by atoms with van der Waals surface area (Å²) >= 11 is 1.52. The number of hydrogen-bond acceptors (Lipinski definition) is 7. The molecule has 7 nitrogen and oxygen atoms in total. The van der Waals surface area contributed by atoms with Crippen molar-refractivity contribution in [2.75, 3.05) is 12.0 Å². The number of nitrogens with one attached hydrogen (secondary N) is 1. The van der Waals surface area contributed by atoms with Crippen LogP contribution >= 0.6 is 11.8 Å². The van der Waals surface area contributed by atoms with Crippen molar-refractivity contribution >= 4 is 17.7 Å². The summed E-state index contributed by atoms with van der Waals surface area (Å²) in [5, 5.41) is 30.2. The fourth-order valence-corrected chi connectivity index (χ4v) is 2.02. The molecule has 0 aromatic carbocycles. The number of carboxylic acids is 1. The molecular formula is C12H17NO6S. The van der Waals surface area contributed by atoms with Crippen molar-refractivity contribution in [2.24, 2.45) is 0 Å². The Hall–Kier alpha value is -1.51. The lowest BCUT2D eigenvalue weighted by molar-refractivity contribution is -0.139. The van der Waals surface area contributed by atoms with E-state index in [0.717, 1.165) is 6.07 Å². The second-order valence-electron chi connectivity index (χ2n) is 4.06. The summed E-state index contributed by atoms with van der Waals surface area (Å²) in [5.74, 6) is -1.00. The first-order valence-corrected chi connectivity index (χ1v) is 7.29. The number of thioether (sulfide) groups is 1. The minimum Gasteiger partial charge on any atom is -0.502 e. The molecule has 0 spiro atoms. The van der Waals surface area contributed by atoms with Crippen LogP contribution in [0.2, 0.25) is 0 Å². The highest BCUT2D eigenvalue weighted by atomic mass is 32.2. The number of aromatic hydroxyl groups is 1. The second-order valence-corrected chi connectivity index (χ2v) is 5.05. The van der Waals surface area contributed by atoms with Gasteiger partial charge in [-0.2, -0.15) is 11.8 Å². The molecule has 8 heteroatoms. The average molecular weight is 303 g/mol. The highest BCUT2D eigenvalue weighted by molar-refractivity contribution is 7.98. The van der Waals surface area contributed by atoms with Crippen LogP contribution in [0.25, 0.3) is 0 Å². The van der Waals surface area contributed by atoms with Gasteiger partial charge in [-0.1, -0.05) is 0 Å². The molecule has 1 aromatic heterocycles. The summed E-state index contributed by atoms with van der Waals surface area (Å²) in [6.07, 6.45) is 2.27. The van der Waals surface area contributed by atoms with E-state index in [1.807, 2.05) is 6.26 Å². The topological polar surface area (TPSA) is 120 Å². The number of aliphatic carboxylic acids is 1. The largest absolute Gasteiger partial charge is 0.502 e. The number of rotatable bonds is 8. The first-order chi connectivity index (χ1) is 9.49. The lowest BCUT2D eigenvalue weighted by atomic mass is 10.2. The van der Waals surface area contributed by atoms with E-state index >= 15 is 0 Å². The molecule has 0 bridgehead atoms. The van der Waals surface area contributed by atoms with E-state index in [0.29, 0.717) is 12.2 Å². The zero-order valence-electron chi connectivity index (χ0n) is 11.0. The molecule has 0 aliphatic rings. The Morgan fingerprint density at radius 3 is 2.80 bits per heavy atom. The predicted molar refractivity (Wildman–Crippen MR) is 73.8 cm³/mol. The van der Waals surface area contributed by atoms with Crippen molar-refractivity contribution in [3.05, 3.63) is 27.8 Å². The van der Waals surface area contributed by atoms with Crippen LogP contribution in [0.5, 0.6) is 5.75 Å². The summed E-state index contributed by atoms with van der Waals surface area (Å²) in [4.78, 5) is 22.4. The van der Waals surface area contributed by atoms with Gasteiger partial charge in [-0.25, -0.2) is 0 Å². The smallest absolute Gasteiger partial charge is 0.320 e. The van der Waals surface area contributed by atoms with Gasteiger partial charge in [0.2, 0.25) is 11.2 Å². The van der Waals surface area contributed by atoms with Gasteiger partial charge in [-0.3, -0.25) is 14.9 Å². The predicted octanol–water partition coefficient (Wildman–Crippen LogP) is 0.134. The quantitative estimate of drug-likeness (QED) is 0.535. The molecule has 1 rings (SSSR count). The number of aliphatic hydroxyl groups is 1. The van der Waals surface area contributed by atoms with Crippen molar-refractivity contribution in [1.82, 2.24) is 5.32 Å². The molecular weight excluding hydrogens is 286 g/mol. The summed E-state index contributed by atoms with van der Waals surface area (Å²) < 4.78 is 5.11. The van der Waals surface area contributed by atoms with Crippen LogP contribution < -0.4 is 10.7 Å². The van der Waals surface area contributed by atoms with Crippen molar-refractivity contribution in [3.63, 3.8) is 0 Å². The number of hydrogen-bond donors (Lipinski definition) is 4.